The number of allylic oxidation sites excluding steroid dienone is 2. The molecule has 202 valence electrons. The van der Waals surface area contributed by atoms with Gasteiger partial charge in [0.1, 0.15) is 0 Å². The molecule has 3 fully saturated rings. The molecular weight excluding hydrogens is 454 g/mol. The maximum absolute atomic E-state index is 14.6. The molecule has 0 spiro atoms. The van der Waals surface area contributed by atoms with E-state index >= 15 is 0 Å². The largest absolute Gasteiger partial charge is 0.491 e. The Hall–Kier alpha value is -1.42. The first-order valence-electron chi connectivity index (χ1n) is 14.9. The minimum Gasteiger partial charge on any atom is -0.491 e. The second-order valence-electron chi connectivity index (χ2n) is 11.7. The molecule has 3 aliphatic carbocycles. The van der Waals surface area contributed by atoms with E-state index in [0.717, 1.165) is 50.0 Å². The zero-order chi connectivity index (χ0) is 25.3. The molecule has 1 aromatic carbocycles. The first-order valence-corrected chi connectivity index (χ1v) is 14.9. The number of ether oxygens (including phenoxy) is 2. The van der Waals surface area contributed by atoms with E-state index in [0.29, 0.717) is 24.2 Å². The Kier molecular flexibility index (Phi) is 10.7. The molecular formula is C32H48F2O2. The summed E-state index contributed by atoms with van der Waals surface area (Å²) in [4.78, 5) is 0. The average Bonchev–Trinajstić information content (AvgIpc) is 2.92. The second kappa shape index (κ2) is 13.9. The van der Waals surface area contributed by atoms with Gasteiger partial charge in [0.15, 0.2) is 11.6 Å². The van der Waals surface area contributed by atoms with E-state index in [1.165, 1.54) is 64.2 Å². The van der Waals surface area contributed by atoms with Gasteiger partial charge in [-0.05, 0) is 132 Å². The van der Waals surface area contributed by atoms with Gasteiger partial charge in [0.05, 0.1) is 12.7 Å². The first kappa shape index (κ1) is 27.6. The highest BCUT2D eigenvalue weighted by Gasteiger charge is 2.32. The van der Waals surface area contributed by atoms with Crippen LogP contribution in [0, 0.1) is 35.3 Å². The third kappa shape index (κ3) is 7.33. The number of hydrogen-bond donors (Lipinski definition) is 0. The molecule has 0 aromatic heterocycles. The maximum Gasteiger partial charge on any atom is 0.200 e. The van der Waals surface area contributed by atoms with Crippen LogP contribution in [0.4, 0.5) is 8.78 Å². The van der Waals surface area contributed by atoms with E-state index in [1.54, 1.807) is 19.1 Å². The lowest BCUT2D eigenvalue weighted by molar-refractivity contribution is -0.0155. The zero-order valence-corrected chi connectivity index (χ0v) is 22.7. The summed E-state index contributed by atoms with van der Waals surface area (Å²) < 4.78 is 40.5. The highest BCUT2D eigenvalue weighted by atomic mass is 19.2. The summed E-state index contributed by atoms with van der Waals surface area (Å²) in [6.45, 7) is 5.07. The minimum absolute atomic E-state index is 0.0170. The van der Waals surface area contributed by atoms with Crippen LogP contribution < -0.4 is 4.74 Å². The lowest BCUT2D eigenvalue weighted by atomic mass is 9.70. The van der Waals surface area contributed by atoms with Gasteiger partial charge < -0.3 is 9.47 Å². The van der Waals surface area contributed by atoms with Gasteiger partial charge in [0, 0.05) is 6.61 Å². The molecule has 1 aromatic rings. The Morgan fingerprint density at radius 2 is 1.44 bits per heavy atom. The molecule has 0 saturated heterocycles. The quantitative estimate of drug-likeness (QED) is 0.297. The van der Waals surface area contributed by atoms with Gasteiger partial charge >= 0.3 is 0 Å². The fraction of sp³-hybridized carbons (Fsp3) is 0.750. The van der Waals surface area contributed by atoms with Crippen LogP contribution in [0.15, 0.2) is 24.3 Å². The number of rotatable bonds is 10. The number of hydrogen-bond acceptors (Lipinski definition) is 2. The van der Waals surface area contributed by atoms with Crippen LogP contribution in [-0.2, 0) is 4.74 Å². The Morgan fingerprint density at radius 1 is 0.806 bits per heavy atom. The smallest absolute Gasteiger partial charge is 0.200 e. The van der Waals surface area contributed by atoms with Gasteiger partial charge in [-0.3, -0.25) is 0 Å². The topological polar surface area (TPSA) is 18.5 Å². The van der Waals surface area contributed by atoms with Gasteiger partial charge in [-0.1, -0.05) is 31.1 Å². The molecule has 0 aliphatic heterocycles. The van der Waals surface area contributed by atoms with Crippen molar-refractivity contribution in [1.29, 1.82) is 0 Å². The summed E-state index contributed by atoms with van der Waals surface area (Å²) in [5.41, 5.74) is 0.514. The molecule has 0 atom stereocenters. The Morgan fingerprint density at radius 3 is 2.08 bits per heavy atom. The van der Waals surface area contributed by atoms with Crippen LogP contribution in [0.2, 0.25) is 0 Å². The van der Waals surface area contributed by atoms with Crippen molar-refractivity contribution in [1.82, 2.24) is 0 Å². The van der Waals surface area contributed by atoms with Crippen molar-refractivity contribution in [2.24, 2.45) is 23.7 Å². The predicted octanol–water partition coefficient (Wildman–Crippen LogP) is 9.38. The van der Waals surface area contributed by atoms with Crippen LogP contribution in [0.3, 0.4) is 0 Å². The third-order valence-corrected chi connectivity index (χ3v) is 9.49. The molecule has 2 nitrogen and oxygen atoms in total. The molecule has 0 unspecified atom stereocenters. The second-order valence-corrected chi connectivity index (χ2v) is 11.7. The van der Waals surface area contributed by atoms with E-state index in [2.05, 4.69) is 19.1 Å². The highest BCUT2D eigenvalue weighted by Crippen LogP contribution is 2.42. The van der Waals surface area contributed by atoms with E-state index in [1.807, 2.05) is 0 Å². The lowest BCUT2D eigenvalue weighted by Gasteiger charge is -2.38. The van der Waals surface area contributed by atoms with Crippen LogP contribution in [0.5, 0.6) is 5.75 Å². The van der Waals surface area contributed by atoms with Crippen molar-refractivity contribution >= 4 is 0 Å². The lowest BCUT2D eigenvalue weighted by Crippen LogP contribution is -2.30. The van der Waals surface area contributed by atoms with Crippen molar-refractivity contribution in [3.8, 4) is 5.75 Å². The SMILES string of the molecule is C/C=C/CCC1CCC(C2CCC(OCC3CCC(c4ccc(OCC)c(F)c4F)CC3)CC2)CC1. The van der Waals surface area contributed by atoms with Crippen LogP contribution in [-0.4, -0.2) is 19.3 Å². The summed E-state index contributed by atoms with van der Waals surface area (Å²) in [5, 5.41) is 0. The van der Waals surface area contributed by atoms with Gasteiger partial charge in [-0.25, -0.2) is 4.39 Å². The molecule has 3 saturated carbocycles. The fourth-order valence-electron chi connectivity index (χ4n) is 7.21. The van der Waals surface area contributed by atoms with Crippen LogP contribution >= 0.6 is 0 Å². The van der Waals surface area contributed by atoms with Crippen molar-refractivity contribution in [2.75, 3.05) is 13.2 Å². The predicted molar refractivity (Wildman–Crippen MR) is 143 cm³/mol. The highest BCUT2D eigenvalue weighted by molar-refractivity contribution is 5.33. The standard InChI is InChI=1S/C32H48F2O2/c1-3-5-6-7-23-8-12-25(13-9-23)26-16-18-28(19-17-26)36-22-24-10-14-27(15-11-24)29-20-21-30(35-4-2)32(34)31(29)33/h3,5,20-21,23-28H,4,6-19,22H2,1-2H3/b5-3+. The molecule has 4 rings (SSSR count). The average molecular weight is 503 g/mol. The molecule has 0 bridgehead atoms. The summed E-state index contributed by atoms with van der Waals surface area (Å²) >= 11 is 0. The van der Waals surface area contributed by atoms with Gasteiger partial charge in [-0.15, -0.1) is 0 Å². The summed E-state index contributed by atoms with van der Waals surface area (Å²) in [7, 11) is 0. The van der Waals surface area contributed by atoms with E-state index in [-0.39, 0.29) is 11.7 Å². The summed E-state index contributed by atoms with van der Waals surface area (Å²) in [6.07, 6.45) is 22.3. The van der Waals surface area contributed by atoms with Crippen LogP contribution in [0.1, 0.15) is 115 Å². The van der Waals surface area contributed by atoms with Crippen molar-refractivity contribution in [3.05, 3.63) is 41.5 Å². The molecule has 0 N–H and O–H groups in total. The minimum atomic E-state index is -0.840. The summed E-state index contributed by atoms with van der Waals surface area (Å²) in [6, 6.07) is 3.30. The van der Waals surface area contributed by atoms with E-state index < -0.39 is 11.6 Å². The van der Waals surface area contributed by atoms with Gasteiger partial charge in [0.2, 0.25) is 5.82 Å². The van der Waals surface area contributed by atoms with Crippen molar-refractivity contribution in [2.45, 2.75) is 116 Å². The molecule has 0 radical (unpaired) electrons. The van der Waals surface area contributed by atoms with E-state index in [4.69, 9.17) is 9.47 Å². The monoisotopic (exact) mass is 502 g/mol. The van der Waals surface area contributed by atoms with Crippen LogP contribution in [0.25, 0.3) is 0 Å². The van der Waals surface area contributed by atoms with Crippen molar-refractivity contribution in [3.63, 3.8) is 0 Å². The first-order chi connectivity index (χ1) is 17.6. The summed E-state index contributed by atoms with van der Waals surface area (Å²) in [5.74, 6) is 1.92. The Balaban J connectivity index is 1.13. The molecule has 3 aliphatic rings. The number of benzene rings is 1. The van der Waals surface area contributed by atoms with Crippen molar-refractivity contribution < 1.29 is 18.3 Å². The normalized spacial score (nSPS) is 31.6. The van der Waals surface area contributed by atoms with Gasteiger partial charge in [-0.2, -0.15) is 4.39 Å². The van der Waals surface area contributed by atoms with E-state index in [9.17, 15) is 8.78 Å². The zero-order valence-electron chi connectivity index (χ0n) is 22.7. The molecule has 0 heterocycles. The number of halogens is 2. The van der Waals surface area contributed by atoms with Gasteiger partial charge in [0.25, 0.3) is 0 Å². The fourth-order valence-corrected chi connectivity index (χ4v) is 7.21. The Bertz CT molecular complexity index is 814. The molecule has 4 heteroatoms. The Labute approximate surface area is 218 Å². The third-order valence-electron chi connectivity index (χ3n) is 9.49. The maximum atomic E-state index is 14.6. The molecule has 0 amide bonds. The molecule has 36 heavy (non-hydrogen) atoms.